The minimum Gasteiger partial charge on any atom is -0.369 e. The summed E-state index contributed by atoms with van der Waals surface area (Å²) in [5.41, 5.74) is 5.46. The molecule has 0 unspecified atom stereocenters. The number of hydrogen-bond donors (Lipinski definition) is 1. The number of thioether (sulfide) groups is 1. The second-order valence-electron chi connectivity index (χ2n) is 5.99. The van der Waals surface area contributed by atoms with E-state index in [0.29, 0.717) is 11.8 Å². The average molecular weight is 467 g/mol. The lowest BCUT2D eigenvalue weighted by atomic mass is 10.2. The first kappa shape index (κ1) is 21.9. The minimum atomic E-state index is -0.169. The summed E-state index contributed by atoms with van der Waals surface area (Å²) in [6.45, 7) is 1.48. The SMILES string of the molecule is O=C(CSc1nc2ccccc2s1)NN=Cc1ccc(N(CCCl)CCCl)cc1. The summed E-state index contributed by atoms with van der Waals surface area (Å²) in [7, 11) is 0. The Hall–Kier alpha value is -1.80. The van der Waals surface area contributed by atoms with Crippen LogP contribution in [0.2, 0.25) is 0 Å². The average Bonchev–Trinajstić information content (AvgIpc) is 3.16. The number of nitrogens with one attached hydrogen (secondary N) is 1. The van der Waals surface area contributed by atoms with Gasteiger partial charge in [0.25, 0.3) is 5.91 Å². The molecule has 0 saturated carbocycles. The molecule has 1 N–H and O–H groups in total. The van der Waals surface area contributed by atoms with Crippen LogP contribution in [-0.2, 0) is 4.79 Å². The normalized spacial score (nSPS) is 11.2. The van der Waals surface area contributed by atoms with Gasteiger partial charge >= 0.3 is 0 Å². The fraction of sp³-hybridized carbons (Fsp3) is 0.250. The van der Waals surface area contributed by atoms with Gasteiger partial charge in [-0.2, -0.15) is 5.10 Å². The number of alkyl halides is 2. The third-order valence-electron chi connectivity index (χ3n) is 3.97. The highest BCUT2D eigenvalue weighted by Crippen LogP contribution is 2.29. The molecule has 3 rings (SSSR count). The highest BCUT2D eigenvalue weighted by molar-refractivity contribution is 8.01. The summed E-state index contributed by atoms with van der Waals surface area (Å²) in [5, 5.41) is 4.03. The Labute approximate surface area is 188 Å². The number of hydrazone groups is 1. The van der Waals surface area contributed by atoms with E-state index < -0.39 is 0 Å². The zero-order chi connectivity index (χ0) is 20.5. The number of nitrogens with zero attached hydrogens (tertiary/aromatic N) is 3. The number of para-hydroxylation sites is 1. The number of aromatic nitrogens is 1. The van der Waals surface area contributed by atoms with Crippen molar-refractivity contribution >= 4 is 74.3 Å². The molecule has 9 heteroatoms. The molecule has 152 valence electrons. The Bertz CT molecular complexity index is 924. The Balaban J connectivity index is 1.47. The Morgan fingerprint density at radius 1 is 1.14 bits per heavy atom. The van der Waals surface area contributed by atoms with Crippen molar-refractivity contribution in [2.24, 2.45) is 5.10 Å². The lowest BCUT2D eigenvalue weighted by Gasteiger charge is -2.22. The van der Waals surface area contributed by atoms with Gasteiger partial charge in [-0.3, -0.25) is 4.79 Å². The van der Waals surface area contributed by atoms with Gasteiger partial charge in [0.1, 0.15) is 0 Å². The van der Waals surface area contributed by atoms with Crippen LogP contribution in [0.15, 0.2) is 58.0 Å². The van der Waals surface area contributed by atoms with Gasteiger partial charge in [-0.05, 0) is 29.8 Å². The van der Waals surface area contributed by atoms with Crippen molar-refractivity contribution in [3.05, 3.63) is 54.1 Å². The van der Waals surface area contributed by atoms with Crippen LogP contribution in [0.1, 0.15) is 5.56 Å². The number of hydrogen-bond acceptors (Lipinski definition) is 6. The Morgan fingerprint density at radius 3 is 2.55 bits per heavy atom. The fourth-order valence-corrected chi connectivity index (χ4v) is 4.87. The number of rotatable bonds is 10. The van der Waals surface area contributed by atoms with Crippen LogP contribution in [0, 0.1) is 0 Å². The molecule has 0 bridgehead atoms. The number of benzene rings is 2. The molecule has 2 aromatic carbocycles. The lowest BCUT2D eigenvalue weighted by Crippen LogP contribution is -2.27. The number of thiazole rings is 1. The van der Waals surface area contributed by atoms with Crippen LogP contribution in [0.4, 0.5) is 5.69 Å². The van der Waals surface area contributed by atoms with Gasteiger partial charge in [0.05, 0.1) is 22.2 Å². The molecular formula is C20H20Cl2N4OS2. The Morgan fingerprint density at radius 2 is 1.86 bits per heavy atom. The molecule has 0 aliphatic rings. The first-order valence-electron chi connectivity index (χ1n) is 8.97. The van der Waals surface area contributed by atoms with E-state index >= 15 is 0 Å². The molecule has 0 atom stereocenters. The molecule has 1 heterocycles. The third kappa shape index (κ3) is 6.60. The highest BCUT2D eigenvalue weighted by atomic mass is 35.5. The van der Waals surface area contributed by atoms with Gasteiger partial charge in [0.15, 0.2) is 4.34 Å². The number of carbonyl (C=O) groups is 1. The van der Waals surface area contributed by atoms with Crippen LogP contribution in [0.25, 0.3) is 10.2 Å². The molecule has 3 aromatic rings. The van der Waals surface area contributed by atoms with Crippen molar-refractivity contribution in [1.29, 1.82) is 0 Å². The maximum absolute atomic E-state index is 12.0. The number of carbonyl (C=O) groups excluding carboxylic acids is 1. The van der Waals surface area contributed by atoms with Gasteiger partial charge in [-0.25, -0.2) is 10.4 Å². The maximum atomic E-state index is 12.0. The van der Waals surface area contributed by atoms with E-state index in [0.717, 1.165) is 38.9 Å². The van der Waals surface area contributed by atoms with E-state index in [1.807, 2.05) is 48.5 Å². The zero-order valence-electron chi connectivity index (χ0n) is 15.6. The van der Waals surface area contributed by atoms with E-state index in [4.69, 9.17) is 23.2 Å². The molecule has 29 heavy (non-hydrogen) atoms. The van der Waals surface area contributed by atoms with Crippen molar-refractivity contribution < 1.29 is 4.79 Å². The van der Waals surface area contributed by atoms with Crippen molar-refractivity contribution in [3.63, 3.8) is 0 Å². The predicted octanol–water partition coefficient (Wildman–Crippen LogP) is 4.82. The number of anilines is 1. The molecule has 0 fully saturated rings. The van der Waals surface area contributed by atoms with Crippen LogP contribution in [-0.4, -0.2) is 47.7 Å². The standard InChI is InChI=1S/C20H20Cl2N4OS2/c21-9-11-26(12-10-22)16-7-5-15(6-8-16)13-23-25-19(27)14-28-20-24-17-3-1-2-4-18(17)29-20/h1-8,13H,9-12,14H2,(H,25,27). The topological polar surface area (TPSA) is 57.6 Å². The molecule has 0 radical (unpaired) electrons. The second kappa shape index (κ2) is 11.4. The van der Waals surface area contributed by atoms with Crippen LogP contribution >= 0.6 is 46.3 Å². The van der Waals surface area contributed by atoms with Gasteiger partial charge in [0.2, 0.25) is 0 Å². The van der Waals surface area contributed by atoms with E-state index in [1.165, 1.54) is 11.8 Å². The zero-order valence-corrected chi connectivity index (χ0v) is 18.7. The number of fused-ring (bicyclic) bond motifs is 1. The van der Waals surface area contributed by atoms with Gasteiger partial charge < -0.3 is 4.90 Å². The highest BCUT2D eigenvalue weighted by Gasteiger charge is 2.07. The molecule has 5 nitrogen and oxygen atoms in total. The maximum Gasteiger partial charge on any atom is 0.250 e. The summed E-state index contributed by atoms with van der Waals surface area (Å²) in [5.74, 6) is 1.18. The monoisotopic (exact) mass is 466 g/mol. The van der Waals surface area contributed by atoms with Crippen molar-refractivity contribution in [2.75, 3.05) is 35.5 Å². The fourth-order valence-electron chi connectivity index (χ4n) is 2.60. The van der Waals surface area contributed by atoms with E-state index in [1.54, 1.807) is 17.6 Å². The van der Waals surface area contributed by atoms with Crippen molar-refractivity contribution in [3.8, 4) is 0 Å². The van der Waals surface area contributed by atoms with Crippen molar-refractivity contribution in [1.82, 2.24) is 10.4 Å². The molecule has 0 spiro atoms. The summed E-state index contributed by atoms with van der Waals surface area (Å²) in [4.78, 5) is 18.6. The summed E-state index contributed by atoms with van der Waals surface area (Å²) < 4.78 is 1.99. The van der Waals surface area contributed by atoms with Crippen molar-refractivity contribution in [2.45, 2.75) is 4.34 Å². The van der Waals surface area contributed by atoms with Crippen LogP contribution in [0.3, 0.4) is 0 Å². The number of amides is 1. The summed E-state index contributed by atoms with van der Waals surface area (Å²) in [6, 6.07) is 15.8. The van der Waals surface area contributed by atoms with Gasteiger partial charge in [0, 0.05) is 30.5 Å². The third-order valence-corrected chi connectivity index (χ3v) is 6.49. The molecule has 0 aliphatic carbocycles. The largest absolute Gasteiger partial charge is 0.369 e. The lowest BCUT2D eigenvalue weighted by molar-refractivity contribution is -0.118. The van der Waals surface area contributed by atoms with Crippen LogP contribution < -0.4 is 10.3 Å². The van der Waals surface area contributed by atoms with Gasteiger partial charge in [-0.15, -0.1) is 34.5 Å². The number of halogens is 2. The second-order valence-corrected chi connectivity index (χ2v) is 8.99. The van der Waals surface area contributed by atoms with Gasteiger partial charge in [-0.1, -0.05) is 36.0 Å². The molecule has 0 saturated heterocycles. The molecule has 0 aliphatic heterocycles. The van der Waals surface area contributed by atoms with Crippen LogP contribution in [0.5, 0.6) is 0 Å². The molecule has 1 aromatic heterocycles. The first-order chi connectivity index (χ1) is 14.2. The predicted molar refractivity (Wildman–Crippen MR) is 126 cm³/mol. The minimum absolute atomic E-state index is 0.169. The van der Waals surface area contributed by atoms with E-state index in [-0.39, 0.29) is 11.7 Å². The van der Waals surface area contributed by atoms with E-state index in [9.17, 15) is 4.79 Å². The Kier molecular flexibility index (Phi) is 8.61. The molecule has 1 amide bonds. The quantitative estimate of drug-likeness (QED) is 0.201. The van der Waals surface area contributed by atoms with E-state index in [2.05, 4.69) is 20.4 Å². The summed E-state index contributed by atoms with van der Waals surface area (Å²) >= 11 is 14.7. The first-order valence-corrected chi connectivity index (χ1v) is 11.8. The molecular weight excluding hydrogens is 447 g/mol. The smallest absolute Gasteiger partial charge is 0.250 e. The summed E-state index contributed by atoms with van der Waals surface area (Å²) in [6.07, 6.45) is 1.62.